The second-order valence-corrected chi connectivity index (χ2v) is 2.50. The van der Waals surface area contributed by atoms with E-state index in [1.807, 2.05) is 6.08 Å². The minimum atomic E-state index is 0.620. The third-order valence-electron chi connectivity index (χ3n) is 0.926. The first-order valence-electron chi connectivity index (χ1n) is 3.21. The SMILES string of the molecule is C=C=CC(C)=CC(C)C. The lowest BCUT2D eigenvalue weighted by atomic mass is 10.1. The van der Waals surface area contributed by atoms with E-state index in [4.69, 9.17) is 0 Å². The molecule has 0 aliphatic rings. The van der Waals surface area contributed by atoms with Gasteiger partial charge in [-0.3, -0.25) is 0 Å². The molecule has 0 rings (SSSR count). The van der Waals surface area contributed by atoms with Crippen molar-refractivity contribution >= 4 is 0 Å². The molecule has 0 aliphatic carbocycles. The summed E-state index contributed by atoms with van der Waals surface area (Å²) in [5, 5.41) is 0. The molecule has 50 valence electrons. The van der Waals surface area contributed by atoms with Gasteiger partial charge < -0.3 is 0 Å². The van der Waals surface area contributed by atoms with Gasteiger partial charge in [-0.05, 0) is 24.5 Å². The Bertz CT molecular complexity index is 143. The van der Waals surface area contributed by atoms with Gasteiger partial charge in [0.05, 0.1) is 0 Å². The molecule has 0 heteroatoms. The Balaban J connectivity index is 3.99. The van der Waals surface area contributed by atoms with Gasteiger partial charge in [-0.2, -0.15) is 0 Å². The third-order valence-corrected chi connectivity index (χ3v) is 0.926. The molecule has 0 aromatic heterocycles. The topological polar surface area (TPSA) is 0 Å². The first kappa shape index (κ1) is 8.26. The lowest BCUT2D eigenvalue weighted by Gasteiger charge is -1.94. The lowest BCUT2D eigenvalue weighted by Crippen LogP contribution is -1.79. The fourth-order valence-corrected chi connectivity index (χ4v) is 0.735. The van der Waals surface area contributed by atoms with Gasteiger partial charge in [0.15, 0.2) is 0 Å². The van der Waals surface area contributed by atoms with Crippen LogP contribution < -0.4 is 0 Å². The fraction of sp³-hybridized carbons (Fsp3) is 0.444. The van der Waals surface area contributed by atoms with Crippen molar-refractivity contribution in [3.05, 3.63) is 30.0 Å². The average molecular weight is 122 g/mol. The molecule has 0 bridgehead atoms. The zero-order chi connectivity index (χ0) is 7.28. The highest BCUT2D eigenvalue weighted by molar-refractivity contribution is 5.14. The Kier molecular flexibility index (Phi) is 3.83. The van der Waals surface area contributed by atoms with E-state index in [1.54, 1.807) is 0 Å². The summed E-state index contributed by atoms with van der Waals surface area (Å²) in [4.78, 5) is 0. The normalized spacial score (nSPS) is 11.3. The average Bonchev–Trinajstić information content (AvgIpc) is 1.63. The molecule has 0 aromatic rings. The summed E-state index contributed by atoms with van der Waals surface area (Å²) in [5.74, 6) is 0.620. The van der Waals surface area contributed by atoms with Crippen LogP contribution in [0.5, 0.6) is 0 Å². The molecule has 0 saturated heterocycles. The molecular formula is C9H14. The van der Waals surface area contributed by atoms with Crippen LogP contribution in [0.25, 0.3) is 0 Å². The monoisotopic (exact) mass is 122 g/mol. The molecule has 0 unspecified atom stereocenters. The molecule has 0 aromatic carbocycles. The molecule has 0 heterocycles. The van der Waals surface area contributed by atoms with Crippen LogP contribution in [0.2, 0.25) is 0 Å². The molecule has 9 heavy (non-hydrogen) atoms. The van der Waals surface area contributed by atoms with Gasteiger partial charge in [0.2, 0.25) is 0 Å². The van der Waals surface area contributed by atoms with E-state index >= 15 is 0 Å². The first-order chi connectivity index (χ1) is 4.16. The summed E-state index contributed by atoms with van der Waals surface area (Å²) in [6.45, 7) is 9.85. The van der Waals surface area contributed by atoms with E-state index in [0.717, 1.165) is 0 Å². The number of hydrogen-bond acceptors (Lipinski definition) is 0. The minimum absolute atomic E-state index is 0.620. The summed E-state index contributed by atoms with van der Waals surface area (Å²) in [6, 6.07) is 0. The highest BCUT2D eigenvalue weighted by Gasteiger charge is 1.85. The van der Waals surface area contributed by atoms with Gasteiger partial charge in [0.1, 0.15) is 0 Å². The van der Waals surface area contributed by atoms with Crippen LogP contribution in [-0.2, 0) is 0 Å². The Labute approximate surface area is 57.6 Å². The summed E-state index contributed by atoms with van der Waals surface area (Å²) in [7, 11) is 0. The van der Waals surface area contributed by atoms with Crippen LogP contribution in [0, 0.1) is 5.92 Å². The molecule has 0 N–H and O–H groups in total. The second kappa shape index (κ2) is 4.17. The molecule has 0 fully saturated rings. The maximum Gasteiger partial charge on any atom is -0.0180 e. The van der Waals surface area contributed by atoms with E-state index in [1.165, 1.54) is 5.57 Å². The number of rotatable bonds is 2. The molecular weight excluding hydrogens is 108 g/mol. The Morgan fingerprint density at radius 2 is 2.11 bits per heavy atom. The minimum Gasteiger partial charge on any atom is -0.128 e. The van der Waals surface area contributed by atoms with Crippen molar-refractivity contribution in [2.45, 2.75) is 20.8 Å². The zero-order valence-electron chi connectivity index (χ0n) is 6.44. The van der Waals surface area contributed by atoms with Crippen LogP contribution in [0.1, 0.15) is 20.8 Å². The summed E-state index contributed by atoms with van der Waals surface area (Å²) in [6.07, 6.45) is 4.07. The van der Waals surface area contributed by atoms with Crippen LogP contribution in [-0.4, -0.2) is 0 Å². The molecule has 0 atom stereocenters. The first-order valence-corrected chi connectivity index (χ1v) is 3.21. The number of allylic oxidation sites excluding steroid dienone is 3. The van der Waals surface area contributed by atoms with E-state index in [-0.39, 0.29) is 0 Å². The molecule has 0 amide bonds. The molecule has 0 spiro atoms. The van der Waals surface area contributed by atoms with Crippen molar-refractivity contribution in [2.75, 3.05) is 0 Å². The van der Waals surface area contributed by atoms with Crippen molar-refractivity contribution in [3.8, 4) is 0 Å². The summed E-state index contributed by atoms with van der Waals surface area (Å²) >= 11 is 0. The van der Waals surface area contributed by atoms with Crippen LogP contribution in [0.4, 0.5) is 0 Å². The molecule has 0 aliphatic heterocycles. The van der Waals surface area contributed by atoms with E-state index in [0.29, 0.717) is 5.92 Å². The quantitative estimate of drug-likeness (QED) is 0.390. The Morgan fingerprint density at radius 3 is 2.44 bits per heavy atom. The predicted molar refractivity (Wildman–Crippen MR) is 42.3 cm³/mol. The van der Waals surface area contributed by atoms with Crippen molar-refractivity contribution in [1.82, 2.24) is 0 Å². The lowest BCUT2D eigenvalue weighted by molar-refractivity contribution is 0.825. The fourth-order valence-electron chi connectivity index (χ4n) is 0.735. The smallest absolute Gasteiger partial charge is 0.0180 e. The van der Waals surface area contributed by atoms with Crippen molar-refractivity contribution < 1.29 is 0 Å². The van der Waals surface area contributed by atoms with Crippen LogP contribution in [0.15, 0.2) is 30.0 Å². The van der Waals surface area contributed by atoms with Gasteiger partial charge in [-0.1, -0.05) is 26.5 Å². The Morgan fingerprint density at radius 1 is 1.56 bits per heavy atom. The van der Waals surface area contributed by atoms with Crippen molar-refractivity contribution in [1.29, 1.82) is 0 Å². The van der Waals surface area contributed by atoms with Crippen molar-refractivity contribution in [3.63, 3.8) is 0 Å². The van der Waals surface area contributed by atoms with Gasteiger partial charge in [0, 0.05) is 0 Å². The standard InChI is InChI=1S/C9H14/c1-5-6-9(4)7-8(2)3/h6-8H,1H2,2-4H3. The highest BCUT2D eigenvalue weighted by Crippen LogP contribution is 2.01. The van der Waals surface area contributed by atoms with Crippen molar-refractivity contribution in [2.24, 2.45) is 5.92 Å². The molecule has 0 radical (unpaired) electrons. The molecule has 0 nitrogen and oxygen atoms in total. The summed E-state index contributed by atoms with van der Waals surface area (Å²) < 4.78 is 0. The van der Waals surface area contributed by atoms with Gasteiger partial charge >= 0.3 is 0 Å². The van der Waals surface area contributed by atoms with Gasteiger partial charge in [0.25, 0.3) is 0 Å². The highest BCUT2D eigenvalue weighted by atomic mass is 13.9. The third kappa shape index (κ3) is 5.13. The maximum absolute atomic E-state index is 3.49. The summed E-state index contributed by atoms with van der Waals surface area (Å²) in [5.41, 5.74) is 3.97. The van der Waals surface area contributed by atoms with Crippen LogP contribution in [0.3, 0.4) is 0 Å². The van der Waals surface area contributed by atoms with E-state index in [9.17, 15) is 0 Å². The molecule has 0 saturated carbocycles. The largest absolute Gasteiger partial charge is 0.128 e. The maximum atomic E-state index is 3.49. The van der Waals surface area contributed by atoms with E-state index < -0.39 is 0 Å². The predicted octanol–water partition coefficient (Wildman–Crippen LogP) is 2.93. The number of hydrogen-bond donors (Lipinski definition) is 0. The zero-order valence-corrected chi connectivity index (χ0v) is 6.44. The van der Waals surface area contributed by atoms with E-state index in [2.05, 4.69) is 39.2 Å². The van der Waals surface area contributed by atoms with Gasteiger partial charge in [-0.25, -0.2) is 0 Å². The van der Waals surface area contributed by atoms with Gasteiger partial charge in [-0.15, -0.1) is 5.73 Å². The van der Waals surface area contributed by atoms with Crippen LogP contribution >= 0.6 is 0 Å². The Hall–Kier alpha value is -0.740. The second-order valence-electron chi connectivity index (χ2n) is 2.50.